The smallest absolute Gasteiger partial charge is 0.344 e. The second-order valence-electron chi connectivity index (χ2n) is 10.0. The van der Waals surface area contributed by atoms with Crippen LogP contribution >= 0.6 is 15.9 Å². The van der Waals surface area contributed by atoms with Crippen molar-refractivity contribution in [3.63, 3.8) is 0 Å². The van der Waals surface area contributed by atoms with Crippen LogP contribution in [0.3, 0.4) is 0 Å². The van der Waals surface area contributed by atoms with Crippen molar-refractivity contribution in [3.8, 4) is 5.75 Å². The van der Waals surface area contributed by atoms with Crippen molar-refractivity contribution < 1.29 is 33.8 Å². The Hall–Kier alpha value is -2.10. The van der Waals surface area contributed by atoms with E-state index >= 15 is 0 Å². The molecule has 3 aliphatic heterocycles. The third-order valence-corrected chi connectivity index (χ3v) is 9.64. The van der Waals surface area contributed by atoms with E-state index in [4.69, 9.17) is 14.2 Å². The van der Waals surface area contributed by atoms with Gasteiger partial charge in [0, 0.05) is 20.4 Å². The fourth-order valence-electron chi connectivity index (χ4n) is 7.99. The van der Waals surface area contributed by atoms with Gasteiger partial charge in [0.15, 0.2) is 6.10 Å². The maximum absolute atomic E-state index is 13.6. The zero-order valence-corrected chi connectivity index (χ0v) is 21.8. The van der Waals surface area contributed by atoms with Crippen molar-refractivity contribution in [1.82, 2.24) is 0 Å². The first-order valence-electron chi connectivity index (χ1n) is 11.7. The van der Waals surface area contributed by atoms with E-state index in [1.54, 1.807) is 7.11 Å². The Morgan fingerprint density at radius 1 is 1.32 bits per heavy atom. The molecular formula is C25H32BrN2O6+. The summed E-state index contributed by atoms with van der Waals surface area (Å²) in [5.41, 5.74) is -1.44. The lowest BCUT2D eigenvalue weighted by molar-refractivity contribution is -0.920. The van der Waals surface area contributed by atoms with Crippen molar-refractivity contribution in [1.29, 1.82) is 0 Å². The quantitative estimate of drug-likeness (QED) is 0.438. The van der Waals surface area contributed by atoms with Crippen molar-refractivity contribution in [3.05, 3.63) is 34.3 Å². The monoisotopic (exact) mass is 535 g/mol. The normalized spacial score (nSPS) is 39.2. The Morgan fingerprint density at radius 2 is 2.06 bits per heavy atom. The van der Waals surface area contributed by atoms with Crippen molar-refractivity contribution in [2.75, 3.05) is 39.3 Å². The number of ether oxygens (including phenoxy) is 3. The van der Waals surface area contributed by atoms with Crippen LogP contribution in [0.2, 0.25) is 0 Å². The molecule has 2 N–H and O–H groups in total. The van der Waals surface area contributed by atoms with Crippen molar-refractivity contribution in [2.45, 2.75) is 55.9 Å². The van der Waals surface area contributed by atoms with Crippen LogP contribution in [0.15, 0.2) is 28.8 Å². The highest BCUT2D eigenvalue weighted by molar-refractivity contribution is 9.10. The summed E-state index contributed by atoms with van der Waals surface area (Å²) < 4.78 is 17.5. The number of nitrogens with zero attached hydrogens (tertiary/aromatic N) is 1. The molecule has 3 heterocycles. The summed E-state index contributed by atoms with van der Waals surface area (Å²) in [5, 5.41) is 12.5. The molecule has 7 atom stereocenters. The van der Waals surface area contributed by atoms with E-state index in [0.717, 1.165) is 35.2 Å². The highest BCUT2D eigenvalue weighted by atomic mass is 79.9. The van der Waals surface area contributed by atoms with Gasteiger partial charge in [-0.05, 0) is 40.1 Å². The molecule has 5 rings (SSSR count). The lowest BCUT2D eigenvalue weighted by Crippen LogP contribution is -3.18. The summed E-state index contributed by atoms with van der Waals surface area (Å²) >= 11 is 3.73. The van der Waals surface area contributed by atoms with Crippen molar-refractivity contribution >= 4 is 33.6 Å². The molecule has 2 fully saturated rings. The van der Waals surface area contributed by atoms with Gasteiger partial charge >= 0.3 is 11.9 Å². The molecular weight excluding hydrogens is 504 g/mol. The Kier molecular flexibility index (Phi) is 5.35. The lowest BCUT2D eigenvalue weighted by Gasteiger charge is -2.61. The first-order valence-corrected chi connectivity index (χ1v) is 12.5. The molecule has 1 aromatic carbocycles. The minimum absolute atomic E-state index is 0.00160. The number of carbonyl (C=O) groups excluding carboxylic acids is 2. The Bertz CT molecular complexity index is 1090. The van der Waals surface area contributed by atoms with Crippen LogP contribution in [-0.4, -0.2) is 75.2 Å². The van der Waals surface area contributed by atoms with E-state index in [2.05, 4.69) is 34.1 Å². The van der Waals surface area contributed by atoms with Gasteiger partial charge in [-0.25, -0.2) is 4.79 Å². The molecule has 0 radical (unpaired) electrons. The topological polar surface area (TPSA) is 89.7 Å². The van der Waals surface area contributed by atoms with Crippen LogP contribution in [0, 0.1) is 5.41 Å². The number of aliphatic hydroxyl groups is 1. The standard InChI is InChI=1S/C25H31BrN2O6/c1-6-23-10-7-12-28-13-11-24(19(23)28)15-8-9-16(32-4)17(26)18(15)27(3)20(24)25(31,22(30)33-5)21(23)34-14(2)29/h7-10,19-21,31H,6,11-13H2,1-5H3/p+1/t19-,20-,21+,23-,24+,25+/m0/s1. The molecule has 1 aliphatic carbocycles. The van der Waals surface area contributed by atoms with Crippen LogP contribution in [0.5, 0.6) is 5.75 Å². The molecule has 1 unspecified atom stereocenters. The number of benzene rings is 1. The lowest BCUT2D eigenvalue weighted by atomic mass is 9.47. The van der Waals surface area contributed by atoms with E-state index in [-0.39, 0.29) is 6.04 Å². The number of hydrogen-bond acceptors (Lipinski definition) is 7. The van der Waals surface area contributed by atoms with Gasteiger partial charge in [-0.1, -0.05) is 19.1 Å². The minimum Gasteiger partial charge on any atom is -0.495 e. The molecule has 1 spiro atoms. The Balaban J connectivity index is 1.89. The molecule has 4 aliphatic rings. The Morgan fingerprint density at radius 3 is 2.68 bits per heavy atom. The number of carbonyl (C=O) groups is 2. The summed E-state index contributed by atoms with van der Waals surface area (Å²) in [6.07, 6.45) is 4.47. The summed E-state index contributed by atoms with van der Waals surface area (Å²) in [7, 11) is 4.77. The number of anilines is 1. The average Bonchev–Trinajstić information content (AvgIpc) is 3.33. The van der Waals surface area contributed by atoms with Gasteiger partial charge in [0.1, 0.15) is 11.8 Å². The number of esters is 2. The van der Waals surface area contributed by atoms with E-state index in [0.29, 0.717) is 12.2 Å². The number of methoxy groups -OCH3 is 2. The maximum atomic E-state index is 13.6. The molecule has 0 bridgehead atoms. The van der Waals surface area contributed by atoms with E-state index in [1.807, 2.05) is 24.9 Å². The van der Waals surface area contributed by atoms with Crippen LogP contribution in [0.25, 0.3) is 0 Å². The Labute approximate surface area is 207 Å². The number of hydrogen-bond donors (Lipinski definition) is 2. The van der Waals surface area contributed by atoms with E-state index < -0.39 is 40.5 Å². The van der Waals surface area contributed by atoms with Gasteiger partial charge in [-0.3, -0.25) is 4.79 Å². The summed E-state index contributed by atoms with van der Waals surface area (Å²) in [4.78, 5) is 29.3. The summed E-state index contributed by atoms with van der Waals surface area (Å²) in [5.74, 6) is -0.650. The van der Waals surface area contributed by atoms with Crippen LogP contribution in [-0.2, 0) is 24.5 Å². The SMILES string of the molecule is CC[C@@]12C=CC[NH+]3CC[C@@]4(c5ccc(OC)c(Br)c5N(C)[C@@H]4[C@](O)(C(=O)OC)[C@@H]1OC(C)=O)[C@@H]32. The van der Waals surface area contributed by atoms with Crippen LogP contribution < -0.4 is 14.5 Å². The first kappa shape index (κ1) is 23.6. The van der Waals surface area contributed by atoms with Gasteiger partial charge in [0.25, 0.3) is 0 Å². The maximum Gasteiger partial charge on any atom is 0.344 e. The fourth-order valence-corrected chi connectivity index (χ4v) is 8.78. The fraction of sp³-hybridized carbons (Fsp3) is 0.600. The molecule has 1 saturated carbocycles. The third-order valence-electron chi connectivity index (χ3n) is 8.87. The number of rotatable bonds is 4. The van der Waals surface area contributed by atoms with Gasteiger partial charge in [-0.2, -0.15) is 0 Å². The second kappa shape index (κ2) is 7.70. The predicted molar refractivity (Wildman–Crippen MR) is 128 cm³/mol. The van der Waals surface area contributed by atoms with E-state index in [9.17, 15) is 14.7 Å². The molecule has 1 aromatic rings. The second-order valence-corrected chi connectivity index (χ2v) is 10.8. The number of likely N-dealkylation sites (N-methyl/N-ethyl adjacent to an activating group) is 1. The highest BCUT2D eigenvalue weighted by Gasteiger charge is 2.82. The van der Waals surface area contributed by atoms with Gasteiger partial charge < -0.3 is 29.1 Å². The predicted octanol–water partition coefficient (Wildman–Crippen LogP) is 0.987. The van der Waals surface area contributed by atoms with Crippen LogP contribution in [0.1, 0.15) is 32.3 Å². The largest absolute Gasteiger partial charge is 0.495 e. The minimum atomic E-state index is -2.09. The zero-order valence-electron chi connectivity index (χ0n) is 20.2. The highest BCUT2D eigenvalue weighted by Crippen LogP contribution is 2.65. The van der Waals surface area contributed by atoms with Crippen molar-refractivity contribution in [2.24, 2.45) is 5.41 Å². The van der Waals surface area contributed by atoms with E-state index in [1.165, 1.54) is 18.9 Å². The number of nitrogens with one attached hydrogen (secondary N) is 1. The van der Waals surface area contributed by atoms with Gasteiger partial charge in [0.05, 0.1) is 54.3 Å². The molecule has 184 valence electrons. The average molecular weight is 536 g/mol. The first-order chi connectivity index (χ1) is 16.1. The number of quaternary nitrogens is 1. The molecule has 0 amide bonds. The summed E-state index contributed by atoms with van der Waals surface area (Å²) in [6.45, 7) is 5.09. The molecule has 9 heteroatoms. The number of fused-ring (bicyclic) bond motifs is 1. The zero-order chi connectivity index (χ0) is 24.6. The molecule has 0 aromatic heterocycles. The van der Waals surface area contributed by atoms with Crippen LogP contribution in [0.4, 0.5) is 5.69 Å². The molecule has 1 saturated heterocycles. The summed E-state index contributed by atoms with van der Waals surface area (Å²) in [6, 6.07) is 3.32. The molecule has 34 heavy (non-hydrogen) atoms. The van der Waals surface area contributed by atoms with Gasteiger partial charge in [-0.15, -0.1) is 0 Å². The third kappa shape index (κ3) is 2.55. The number of halogens is 1. The molecule has 8 nitrogen and oxygen atoms in total. The van der Waals surface area contributed by atoms with Gasteiger partial charge in [0.2, 0.25) is 5.60 Å².